The summed E-state index contributed by atoms with van der Waals surface area (Å²) in [6.07, 6.45) is 1.62. The average Bonchev–Trinajstić information content (AvgIpc) is 3.10. The molecule has 0 fully saturated rings. The Hall–Kier alpha value is -3.46. The number of nitrogens with zero attached hydrogens (tertiary/aromatic N) is 3. The molecule has 150 valence electrons. The minimum atomic E-state index is -0.293. The van der Waals surface area contributed by atoms with Crippen LogP contribution in [0.3, 0.4) is 0 Å². The van der Waals surface area contributed by atoms with Gasteiger partial charge in [-0.3, -0.25) is 4.79 Å². The number of hydrogen-bond acceptors (Lipinski definition) is 8. The molecule has 8 nitrogen and oxygen atoms in total. The third kappa shape index (κ3) is 6.89. The number of rotatable bonds is 9. The zero-order valence-corrected chi connectivity index (χ0v) is 16.7. The number of nitrogen functional groups attached to an aromatic ring is 1. The van der Waals surface area contributed by atoms with Crippen molar-refractivity contribution < 1.29 is 14.3 Å². The van der Waals surface area contributed by atoms with E-state index in [-0.39, 0.29) is 12.3 Å². The smallest absolute Gasteiger partial charge is 0.247 e. The largest absolute Gasteiger partial charge is 0.490 e. The molecule has 0 saturated carbocycles. The topological polar surface area (TPSA) is 112 Å². The van der Waals surface area contributed by atoms with E-state index >= 15 is 0 Å². The number of aromatic nitrogens is 2. The molecule has 0 radical (unpaired) electrons. The lowest BCUT2D eigenvalue weighted by Crippen LogP contribution is -2.19. The second-order valence-electron chi connectivity index (χ2n) is 6.09. The standard InChI is InChI=1S/C20H21N5O3S/c1-14-4-2-6-16(10-14)27-8-9-28-17-7-3-5-15(11-17)13-22-23-18(26)12-19-24-25-20(21)29-19/h2-7,10-11,13H,8-9,12H2,1H3,(H2,21,25)(H,23,26)/b22-13+. The quantitative estimate of drug-likeness (QED) is 0.318. The second-order valence-corrected chi connectivity index (χ2v) is 7.18. The molecule has 0 aliphatic carbocycles. The van der Waals surface area contributed by atoms with E-state index in [9.17, 15) is 4.79 Å². The summed E-state index contributed by atoms with van der Waals surface area (Å²) >= 11 is 1.17. The number of hydrogen-bond donors (Lipinski definition) is 2. The molecule has 0 saturated heterocycles. The van der Waals surface area contributed by atoms with Crippen LogP contribution in [-0.2, 0) is 11.2 Å². The summed E-state index contributed by atoms with van der Waals surface area (Å²) in [7, 11) is 0. The number of hydrazone groups is 1. The number of benzene rings is 2. The number of anilines is 1. The molecule has 29 heavy (non-hydrogen) atoms. The van der Waals surface area contributed by atoms with Crippen LogP contribution in [0.15, 0.2) is 53.6 Å². The molecule has 3 aromatic rings. The van der Waals surface area contributed by atoms with Gasteiger partial charge >= 0.3 is 0 Å². The zero-order chi connectivity index (χ0) is 20.5. The second kappa shape index (κ2) is 10.2. The van der Waals surface area contributed by atoms with Crippen molar-refractivity contribution in [3.05, 3.63) is 64.7 Å². The molecule has 1 heterocycles. The molecule has 0 aliphatic rings. The first-order valence-corrected chi connectivity index (χ1v) is 9.72. The van der Waals surface area contributed by atoms with Gasteiger partial charge in [-0.25, -0.2) is 5.43 Å². The van der Waals surface area contributed by atoms with Gasteiger partial charge in [0.1, 0.15) is 29.7 Å². The van der Waals surface area contributed by atoms with Gasteiger partial charge in [-0.05, 0) is 42.3 Å². The van der Waals surface area contributed by atoms with Crippen LogP contribution in [0.2, 0.25) is 0 Å². The lowest BCUT2D eigenvalue weighted by Gasteiger charge is -2.09. The van der Waals surface area contributed by atoms with Crippen molar-refractivity contribution in [2.75, 3.05) is 18.9 Å². The van der Waals surface area contributed by atoms with E-state index < -0.39 is 0 Å². The molecule has 0 bridgehead atoms. The van der Waals surface area contributed by atoms with Gasteiger partial charge in [0.25, 0.3) is 0 Å². The predicted molar refractivity (Wildman–Crippen MR) is 112 cm³/mol. The lowest BCUT2D eigenvalue weighted by atomic mass is 10.2. The first-order chi connectivity index (χ1) is 14.1. The Bertz CT molecular complexity index is 990. The first kappa shape index (κ1) is 20.3. The minimum absolute atomic E-state index is 0.0797. The monoisotopic (exact) mass is 411 g/mol. The van der Waals surface area contributed by atoms with Crippen molar-refractivity contribution in [3.8, 4) is 11.5 Å². The summed E-state index contributed by atoms with van der Waals surface area (Å²) in [5.41, 5.74) is 9.88. The predicted octanol–water partition coefficient (Wildman–Crippen LogP) is 2.58. The third-order valence-electron chi connectivity index (χ3n) is 3.67. The van der Waals surface area contributed by atoms with Gasteiger partial charge in [0.05, 0.1) is 12.6 Å². The van der Waals surface area contributed by atoms with E-state index in [0.29, 0.717) is 29.1 Å². The summed E-state index contributed by atoms with van der Waals surface area (Å²) < 4.78 is 11.4. The molecule has 2 aromatic carbocycles. The Morgan fingerprint density at radius 3 is 2.55 bits per heavy atom. The fourth-order valence-electron chi connectivity index (χ4n) is 2.40. The highest BCUT2D eigenvalue weighted by molar-refractivity contribution is 7.15. The van der Waals surface area contributed by atoms with Gasteiger partial charge in [-0.2, -0.15) is 5.10 Å². The van der Waals surface area contributed by atoms with Crippen LogP contribution in [0, 0.1) is 6.92 Å². The summed E-state index contributed by atoms with van der Waals surface area (Å²) in [6.45, 7) is 2.87. The maximum absolute atomic E-state index is 11.8. The van der Waals surface area contributed by atoms with Gasteiger partial charge in [0.2, 0.25) is 11.0 Å². The van der Waals surface area contributed by atoms with Gasteiger partial charge in [0.15, 0.2) is 0 Å². The highest BCUT2D eigenvalue weighted by Crippen LogP contribution is 2.14. The molecule has 3 N–H and O–H groups in total. The molecular weight excluding hydrogens is 390 g/mol. The molecule has 3 rings (SSSR count). The van der Waals surface area contributed by atoms with Crippen LogP contribution in [0.4, 0.5) is 5.13 Å². The Morgan fingerprint density at radius 2 is 1.86 bits per heavy atom. The van der Waals surface area contributed by atoms with Crippen LogP contribution < -0.4 is 20.6 Å². The van der Waals surface area contributed by atoms with E-state index in [4.69, 9.17) is 15.2 Å². The highest BCUT2D eigenvalue weighted by atomic mass is 32.1. The normalized spacial score (nSPS) is 10.8. The Morgan fingerprint density at radius 1 is 1.14 bits per heavy atom. The third-order valence-corrected chi connectivity index (χ3v) is 4.42. The highest BCUT2D eigenvalue weighted by Gasteiger charge is 2.07. The summed E-state index contributed by atoms with van der Waals surface area (Å²) in [5, 5.41) is 12.3. The maximum atomic E-state index is 11.8. The van der Waals surface area contributed by atoms with Crippen molar-refractivity contribution in [3.63, 3.8) is 0 Å². The lowest BCUT2D eigenvalue weighted by molar-refractivity contribution is -0.120. The fourth-order valence-corrected chi connectivity index (χ4v) is 3.01. The average molecular weight is 411 g/mol. The van der Waals surface area contributed by atoms with Crippen molar-refractivity contribution in [1.29, 1.82) is 0 Å². The number of carbonyl (C=O) groups is 1. The Labute approximate surface area is 172 Å². The molecule has 0 unspecified atom stereocenters. The van der Waals surface area contributed by atoms with Gasteiger partial charge in [-0.15, -0.1) is 10.2 Å². The van der Waals surface area contributed by atoms with Gasteiger partial charge < -0.3 is 15.2 Å². The molecule has 0 atom stereocenters. The SMILES string of the molecule is Cc1cccc(OCCOc2cccc(/C=N/NC(=O)Cc3nnc(N)s3)c2)c1. The minimum Gasteiger partial charge on any atom is -0.490 e. The Kier molecular flexibility index (Phi) is 7.12. The maximum Gasteiger partial charge on any atom is 0.247 e. The van der Waals surface area contributed by atoms with Crippen LogP contribution in [0.1, 0.15) is 16.1 Å². The number of nitrogens with two attached hydrogens (primary N) is 1. The summed E-state index contributed by atoms with van der Waals surface area (Å²) in [4.78, 5) is 11.8. The number of aryl methyl sites for hydroxylation is 1. The van der Waals surface area contributed by atoms with Gasteiger partial charge in [-0.1, -0.05) is 35.6 Å². The molecular formula is C20H21N5O3S. The number of ether oxygens (including phenoxy) is 2. The molecule has 1 aromatic heterocycles. The molecule has 0 spiro atoms. The van der Waals surface area contributed by atoms with Crippen LogP contribution in [0.25, 0.3) is 0 Å². The number of amides is 1. The van der Waals surface area contributed by atoms with Crippen molar-refractivity contribution in [2.45, 2.75) is 13.3 Å². The van der Waals surface area contributed by atoms with Crippen LogP contribution >= 0.6 is 11.3 Å². The number of nitrogens with one attached hydrogen (secondary N) is 1. The van der Waals surface area contributed by atoms with Crippen LogP contribution in [0.5, 0.6) is 11.5 Å². The van der Waals surface area contributed by atoms with E-state index in [1.54, 1.807) is 6.21 Å². The van der Waals surface area contributed by atoms with Crippen molar-refractivity contribution in [2.24, 2.45) is 5.10 Å². The van der Waals surface area contributed by atoms with E-state index in [1.165, 1.54) is 11.3 Å². The number of carbonyl (C=O) groups excluding carboxylic acids is 1. The molecule has 0 aliphatic heterocycles. The van der Waals surface area contributed by atoms with E-state index in [0.717, 1.165) is 16.9 Å². The molecule has 9 heteroatoms. The van der Waals surface area contributed by atoms with Gasteiger partial charge in [0, 0.05) is 0 Å². The van der Waals surface area contributed by atoms with Crippen LogP contribution in [-0.4, -0.2) is 35.5 Å². The summed E-state index contributed by atoms with van der Waals surface area (Å²) in [5.74, 6) is 1.22. The van der Waals surface area contributed by atoms with Crippen molar-refractivity contribution in [1.82, 2.24) is 15.6 Å². The first-order valence-electron chi connectivity index (χ1n) is 8.90. The summed E-state index contributed by atoms with van der Waals surface area (Å²) in [6, 6.07) is 15.3. The fraction of sp³-hybridized carbons (Fsp3) is 0.200. The molecule has 1 amide bonds. The zero-order valence-electron chi connectivity index (χ0n) is 15.9. The Balaban J connectivity index is 1.42. The van der Waals surface area contributed by atoms with E-state index in [2.05, 4.69) is 20.7 Å². The van der Waals surface area contributed by atoms with E-state index in [1.807, 2.05) is 55.5 Å². The van der Waals surface area contributed by atoms with Crippen molar-refractivity contribution >= 4 is 28.6 Å².